The third-order valence-electron chi connectivity index (χ3n) is 0.434. The molecule has 0 saturated carbocycles. The van der Waals surface area contributed by atoms with Gasteiger partial charge < -0.3 is 4.74 Å². The molecule has 44 valence electrons. The first-order valence-electron chi connectivity index (χ1n) is 2.27. The van der Waals surface area contributed by atoms with E-state index >= 15 is 0 Å². The first kappa shape index (κ1) is 6.96. The number of hydrogen-bond donors (Lipinski definition) is 0. The molecule has 0 aliphatic carbocycles. The molecule has 0 heterocycles. The normalized spacial score (nSPS) is 8.25. The SMILES string of the molecule is CC(C)OC(=O)C#N. The Bertz CT molecular complexity index is 123. The Balaban J connectivity index is 3.44. The molecule has 0 aromatic carbocycles. The average molecular weight is 113 g/mol. The second-order valence-corrected chi connectivity index (χ2v) is 1.57. The largest absolute Gasteiger partial charge is 0.452 e. The van der Waals surface area contributed by atoms with E-state index in [1.165, 1.54) is 6.07 Å². The van der Waals surface area contributed by atoms with Crippen molar-refractivity contribution in [2.75, 3.05) is 0 Å². The third kappa shape index (κ3) is 3.16. The van der Waals surface area contributed by atoms with Crippen LogP contribution in [0.15, 0.2) is 0 Å². The Labute approximate surface area is 47.9 Å². The molecule has 0 spiro atoms. The highest BCUT2D eigenvalue weighted by Crippen LogP contribution is 1.85. The molecule has 0 aromatic heterocycles. The molecule has 0 amide bonds. The number of carbonyl (C=O) groups excluding carboxylic acids is 1. The Morgan fingerprint density at radius 3 is 2.38 bits per heavy atom. The molecule has 0 fully saturated rings. The van der Waals surface area contributed by atoms with Crippen LogP contribution in [0.3, 0.4) is 0 Å². The van der Waals surface area contributed by atoms with Gasteiger partial charge in [-0.05, 0) is 13.8 Å². The van der Waals surface area contributed by atoms with Crippen molar-refractivity contribution < 1.29 is 9.53 Å². The van der Waals surface area contributed by atoms with Gasteiger partial charge in [-0.1, -0.05) is 0 Å². The van der Waals surface area contributed by atoms with Crippen molar-refractivity contribution in [3.05, 3.63) is 0 Å². The maximum Gasteiger partial charge on any atom is 0.411 e. The maximum atomic E-state index is 10.0. The van der Waals surface area contributed by atoms with E-state index in [0.29, 0.717) is 0 Å². The first-order chi connectivity index (χ1) is 3.66. The Hall–Kier alpha value is -1.04. The zero-order valence-electron chi connectivity index (χ0n) is 4.84. The van der Waals surface area contributed by atoms with Crippen LogP contribution in [0, 0.1) is 11.3 Å². The molecule has 3 nitrogen and oxygen atoms in total. The number of nitrogens with zero attached hydrogens (tertiary/aromatic N) is 1. The summed E-state index contributed by atoms with van der Waals surface area (Å²) in [5.41, 5.74) is 0. The second kappa shape index (κ2) is 3.03. The molecule has 0 aliphatic heterocycles. The van der Waals surface area contributed by atoms with Crippen LogP contribution in [0.25, 0.3) is 0 Å². The molecule has 0 saturated heterocycles. The minimum Gasteiger partial charge on any atom is -0.452 e. The monoisotopic (exact) mass is 113 g/mol. The molecule has 0 N–H and O–H groups in total. The topological polar surface area (TPSA) is 50.1 Å². The fraction of sp³-hybridized carbons (Fsp3) is 0.600. The number of rotatable bonds is 1. The van der Waals surface area contributed by atoms with Crippen molar-refractivity contribution in [2.45, 2.75) is 20.0 Å². The fourth-order valence-corrected chi connectivity index (χ4v) is 0.240. The van der Waals surface area contributed by atoms with E-state index in [1.807, 2.05) is 0 Å². The standard InChI is InChI=1S/C5H7NO2/c1-4(2)8-5(7)3-6/h4H,1-2H3. The van der Waals surface area contributed by atoms with E-state index < -0.39 is 5.97 Å². The van der Waals surface area contributed by atoms with Crippen molar-refractivity contribution in [3.63, 3.8) is 0 Å². The molecule has 0 aliphatic rings. The van der Waals surface area contributed by atoms with Crippen molar-refractivity contribution >= 4 is 5.97 Å². The Kier molecular flexibility index (Phi) is 2.63. The lowest BCUT2D eigenvalue weighted by atomic mass is 10.5. The maximum absolute atomic E-state index is 10.0. The third-order valence-corrected chi connectivity index (χ3v) is 0.434. The predicted molar refractivity (Wildman–Crippen MR) is 26.8 cm³/mol. The highest BCUT2D eigenvalue weighted by atomic mass is 16.5. The Morgan fingerprint density at radius 2 is 2.25 bits per heavy atom. The molecular weight excluding hydrogens is 106 g/mol. The zero-order valence-corrected chi connectivity index (χ0v) is 4.84. The summed E-state index contributed by atoms with van der Waals surface area (Å²) in [6.45, 7) is 3.38. The highest BCUT2D eigenvalue weighted by Gasteiger charge is 1.99. The minimum atomic E-state index is -0.819. The van der Waals surface area contributed by atoms with Crippen LogP contribution >= 0.6 is 0 Å². The van der Waals surface area contributed by atoms with Crippen LogP contribution in [-0.2, 0) is 9.53 Å². The summed E-state index contributed by atoms with van der Waals surface area (Å²) in [7, 11) is 0. The molecule has 0 unspecified atom stereocenters. The smallest absolute Gasteiger partial charge is 0.411 e. The van der Waals surface area contributed by atoms with E-state index in [0.717, 1.165) is 0 Å². The molecular formula is C5H7NO2. The zero-order chi connectivity index (χ0) is 6.57. The summed E-state index contributed by atoms with van der Waals surface area (Å²) in [6, 6.07) is 1.34. The van der Waals surface area contributed by atoms with Gasteiger partial charge in [0.05, 0.1) is 6.10 Å². The number of ether oxygens (including phenoxy) is 1. The molecule has 0 rings (SSSR count). The van der Waals surface area contributed by atoms with E-state index in [-0.39, 0.29) is 6.10 Å². The van der Waals surface area contributed by atoms with E-state index in [4.69, 9.17) is 5.26 Å². The van der Waals surface area contributed by atoms with Crippen LogP contribution in [0.5, 0.6) is 0 Å². The van der Waals surface area contributed by atoms with Gasteiger partial charge in [-0.2, -0.15) is 5.26 Å². The van der Waals surface area contributed by atoms with Crippen LogP contribution in [0.1, 0.15) is 13.8 Å². The molecule has 3 heteroatoms. The van der Waals surface area contributed by atoms with Gasteiger partial charge in [0.2, 0.25) is 0 Å². The van der Waals surface area contributed by atoms with E-state index in [9.17, 15) is 4.79 Å². The summed E-state index contributed by atoms with van der Waals surface area (Å²) in [4.78, 5) is 10.0. The molecule has 8 heavy (non-hydrogen) atoms. The van der Waals surface area contributed by atoms with Crippen molar-refractivity contribution in [1.82, 2.24) is 0 Å². The van der Waals surface area contributed by atoms with Gasteiger partial charge in [-0.25, -0.2) is 4.79 Å². The van der Waals surface area contributed by atoms with Gasteiger partial charge in [-0.3, -0.25) is 0 Å². The number of carbonyl (C=O) groups is 1. The highest BCUT2D eigenvalue weighted by molar-refractivity contribution is 5.85. The Morgan fingerprint density at radius 1 is 1.75 bits per heavy atom. The van der Waals surface area contributed by atoms with Gasteiger partial charge >= 0.3 is 5.97 Å². The number of hydrogen-bond acceptors (Lipinski definition) is 3. The quantitative estimate of drug-likeness (QED) is 0.366. The number of esters is 1. The van der Waals surface area contributed by atoms with Gasteiger partial charge in [0.25, 0.3) is 0 Å². The van der Waals surface area contributed by atoms with Gasteiger partial charge in [-0.15, -0.1) is 0 Å². The molecule has 0 radical (unpaired) electrons. The summed E-state index contributed by atoms with van der Waals surface area (Å²) >= 11 is 0. The lowest BCUT2D eigenvalue weighted by Crippen LogP contribution is -2.08. The first-order valence-corrected chi connectivity index (χ1v) is 2.27. The van der Waals surface area contributed by atoms with Gasteiger partial charge in [0.1, 0.15) is 0 Å². The lowest BCUT2D eigenvalue weighted by Gasteiger charge is -2.00. The minimum absolute atomic E-state index is 0.192. The second-order valence-electron chi connectivity index (χ2n) is 1.57. The molecule has 0 aromatic rings. The van der Waals surface area contributed by atoms with Crippen molar-refractivity contribution in [3.8, 4) is 6.07 Å². The van der Waals surface area contributed by atoms with Crippen LogP contribution in [-0.4, -0.2) is 12.1 Å². The summed E-state index contributed by atoms with van der Waals surface area (Å²) in [5, 5.41) is 7.86. The summed E-state index contributed by atoms with van der Waals surface area (Å²) in [6.07, 6.45) is -0.192. The summed E-state index contributed by atoms with van der Waals surface area (Å²) < 4.78 is 4.40. The van der Waals surface area contributed by atoms with Gasteiger partial charge in [0, 0.05) is 0 Å². The van der Waals surface area contributed by atoms with Crippen LogP contribution in [0.2, 0.25) is 0 Å². The fourth-order valence-electron chi connectivity index (χ4n) is 0.240. The van der Waals surface area contributed by atoms with Gasteiger partial charge in [0.15, 0.2) is 6.07 Å². The lowest BCUT2D eigenvalue weighted by molar-refractivity contribution is -0.140. The molecule has 0 atom stereocenters. The predicted octanol–water partition coefficient (Wildman–Crippen LogP) is 0.462. The molecule has 0 bridgehead atoms. The van der Waals surface area contributed by atoms with Crippen LogP contribution in [0.4, 0.5) is 0 Å². The summed E-state index contributed by atoms with van der Waals surface area (Å²) in [5.74, 6) is -0.819. The van der Waals surface area contributed by atoms with E-state index in [2.05, 4.69) is 4.74 Å². The van der Waals surface area contributed by atoms with E-state index in [1.54, 1.807) is 13.8 Å². The van der Waals surface area contributed by atoms with Crippen molar-refractivity contribution in [1.29, 1.82) is 5.26 Å². The van der Waals surface area contributed by atoms with Crippen molar-refractivity contribution in [2.24, 2.45) is 0 Å². The average Bonchev–Trinajstić information content (AvgIpc) is 1.65. The number of nitriles is 1. The van der Waals surface area contributed by atoms with Crippen LogP contribution < -0.4 is 0 Å².